The third-order valence-electron chi connectivity index (χ3n) is 3.97. The molecule has 0 saturated carbocycles. The molecule has 1 aromatic rings. The Kier molecular flexibility index (Phi) is 4.82. The molecule has 116 valence electrons. The Morgan fingerprint density at radius 1 is 1.57 bits per heavy atom. The van der Waals surface area contributed by atoms with E-state index in [1.807, 2.05) is 6.92 Å². The molecule has 7 nitrogen and oxygen atoms in total. The van der Waals surface area contributed by atoms with Crippen LogP contribution in [0.3, 0.4) is 0 Å². The van der Waals surface area contributed by atoms with Crippen molar-refractivity contribution in [1.29, 1.82) is 0 Å². The number of aromatic nitrogens is 2. The molecule has 1 aliphatic rings. The number of rotatable bonds is 4. The first-order chi connectivity index (χ1) is 9.97. The number of likely N-dealkylation sites (tertiary alicyclic amines) is 1. The van der Waals surface area contributed by atoms with Crippen LogP contribution in [0, 0.1) is 5.92 Å². The van der Waals surface area contributed by atoms with Crippen molar-refractivity contribution in [3.63, 3.8) is 0 Å². The van der Waals surface area contributed by atoms with Crippen molar-refractivity contribution in [2.45, 2.75) is 45.2 Å². The van der Waals surface area contributed by atoms with Gasteiger partial charge in [0.2, 0.25) is 0 Å². The lowest BCUT2D eigenvalue weighted by Crippen LogP contribution is -2.53. The fraction of sp³-hybridized carbons (Fsp3) is 0.643. The number of carbonyl (C=O) groups is 2. The summed E-state index contributed by atoms with van der Waals surface area (Å²) >= 11 is 0. The second kappa shape index (κ2) is 6.60. The Hall–Kier alpha value is -2.05. The summed E-state index contributed by atoms with van der Waals surface area (Å²) in [7, 11) is 0. The summed E-state index contributed by atoms with van der Waals surface area (Å²) < 4.78 is 0. The van der Waals surface area contributed by atoms with E-state index < -0.39 is 12.0 Å². The summed E-state index contributed by atoms with van der Waals surface area (Å²) in [4.78, 5) is 32.0. The van der Waals surface area contributed by atoms with Gasteiger partial charge in [-0.15, -0.1) is 0 Å². The molecule has 2 unspecified atom stereocenters. The predicted octanol–water partition coefficient (Wildman–Crippen LogP) is 1.24. The number of piperidine rings is 1. The molecule has 2 heterocycles. The molecule has 0 aromatic carbocycles. The van der Waals surface area contributed by atoms with Crippen molar-refractivity contribution in [2.24, 2.45) is 5.92 Å². The summed E-state index contributed by atoms with van der Waals surface area (Å²) in [6, 6.07) is -1.12. The average Bonchev–Trinajstić information content (AvgIpc) is 2.90. The summed E-state index contributed by atoms with van der Waals surface area (Å²) in [5.74, 6) is -0.444. The fourth-order valence-corrected chi connectivity index (χ4v) is 2.76. The number of urea groups is 1. The van der Waals surface area contributed by atoms with Crippen LogP contribution in [0.4, 0.5) is 4.79 Å². The molecule has 3 N–H and O–H groups in total. The number of carboxylic acid groups (broad SMARTS) is 1. The molecular formula is C14H22N4O3. The highest BCUT2D eigenvalue weighted by Crippen LogP contribution is 2.22. The molecule has 0 bridgehead atoms. The normalized spacial score (nSPS) is 23.6. The van der Waals surface area contributed by atoms with Gasteiger partial charge in [0.05, 0.1) is 6.33 Å². The molecule has 21 heavy (non-hydrogen) atoms. The molecular weight excluding hydrogens is 272 g/mol. The van der Waals surface area contributed by atoms with Crippen molar-refractivity contribution in [3.05, 3.63) is 18.2 Å². The standard InChI is InChI=1S/C14H22N4O3/c1-9-3-4-18(10(2)5-9)14(21)17-12(13(19)20)6-11-7-15-8-16-11/h7-10,12H,3-6H2,1-2H3,(H,15,16)(H,17,21)(H,19,20)/t9?,10?,12-/m1/s1. The highest BCUT2D eigenvalue weighted by Gasteiger charge is 2.29. The first kappa shape index (κ1) is 15.3. The first-order valence-electron chi connectivity index (χ1n) is 7.24. The third-order valence-corrected chi connectivity index (χ3v) is 3.97. The third kappa shape index (κ3) is 3.96. The minimum absolute atomic E-state index is 0.135. The number of imidazole rings is 1. The monoisotopic (exact) mass is 294 g/mol. The van der Waals surface area contributed by atoms with Crippen LogP contribution >= 0.6 is 0 Å². The van der Waals surface area contributed by atoms with Crippen molar-refractivity contribution in [1.82, 2.24) is 20.2 Å². The zero-order valence-electron chi connectivity index (χ0n) is 12.4. The number of nitrogens with zero attached hydrogens (tertiary/aromatic N) is 2. The maximum absolute atomic E-state index is 12.3. The van der Waals surface area contributed by atoms with Gasteiger partial charge in [0, 0.05) is 30.9 Å². The molecule has 7 heteroatoms. The molecule has 1 aliphatic heterocycles. The maximum atomic E-state index is 12.3. The van der Waals surface area contributed by atoms with Crippen LogP contribution < -0.4 is 5.32 Å². The Morgan fingerprint density at radius 3 is 2.90 bits per heavy atom. The fourth-order valence-electron chi connectivity index (χ4n) is 2.76. The molecule has 0 spiro atoms. The van der Waals surface area contributed by atoms with Gasteiger partial charge in [-0.25, -0.2) is 14.6 Å². The SMILES string of the molecule is CC1CCN(C(=O)N[C@H](Cc2cnc[nH]2)C(=O)O)C(C)C1. The van der Waals surface area contributed by atoms with Crippen molar-refractivity contribution < 1.29 is 14.7 Å². The number of hydrogen-bond donors (Lipinski definition) is 3. The van der Waals surface area contributed by atoms with Gasteiger partial charge in [-0.1, -0.05) is 6.92 Å². The number of carboxylic acids is 1. The van der Waals surface area contributed by atoms with Gasteiger partial charge in [-0.2, -0.15) is 0 Å². The van der Waals surface area contributed by atoms with E-state index in [0.29, 0.717) is 18.2 Å². The minimum atomic E-state index is -1.05. The number of aliphatic carboxylic acids is 1. The number of amides is 2. The van der Waals surface area contributed by atoms with Crippen molar-refractivity contribution >= 4 is 12.0 Å². The van der Waals surface area contributed by atoms with Gasteiger partial charge in [-0.3, -0.25) is 0 Å². The number of hydrogen-bond acceptors (Lipinski definition) is 3. The zero-order chi connectivity index (χ0) is 15.4. The topological polar surface area (TPSA) is 98.3 Å². The molecule has 2 amide bonds. The van der Waals surface area contributed by atoms with Crippen LogP contribution in [0.15, 0.2) is 12.5 Å². The van der Waals surface area contributed by atoms with Gasteiger partial charge in [0.25, 0.3) is 0 Å². The van der Waals surface area contributed by atoms with E-state index in [9.17, 15) is 14.7 Å². The van der Waals surface area contributed by atoms with Gasteiger partial charge >= 0.3 is 12.0 Å². The Morgan fingerprint density at radius 2 is 2.33 bits per heavy atom. The molecule has 0 aliphatic carbocycles. The van der Waals surface area contributed by atoms with E-state index in [1.54, 1.807) is 11.1 Å². The highest BCUT2D eigenvalue weighted by molar-refractivity contribution is 5.83. The van der Waals surface area contributed by atoms with Gasteiger partial charge < -0.3 is 20.3 Å². The summed E-state index contributed by atoms with van der Waals surface area (Å²) in [5.41, 5.74) is 0.683. The van der Waals surface area contributed by atoms with Crippen LogP contribution in [0.2, 0.25) is 0 Å². The average molecular weight is 294 g/mol. The lowest BCUT2D eigenvalue weighted by atomic mass is 9.94. The maximum Gasteiger partial charge on any atom is 0.326 e. The van der Waals surface area contributed by atoms with Crippen LogP contribution in [0.5, 0.6) is 0 Å². The molecule has 1 fully saturated rings. The van der Waals surface area contributed by atoms with Crippen molar-refractivity contribution in [2.75, 3.05) is 6.54 Å². The van der Waals surface area contributed by atoms with E-state index in [4.69, 9.17) is 0 Å². The zero-order valence-corrected chi connectivity index (χ0v) is 12.4. The number of aromatic amines is 1. The second-order valence-electron chi connectivity index (χ2n) is 5.79. The predicted molar refractivity (Wildman–Crippen MR) is 76.8 cm³/mol. The lowest BCUT2D eigenvalue weighted by molar-refractivity contribution is -0.139. The molecule has 3 atom stereocenters. The smallest absolute Gasteiger partial charge is 0.326 e. The van der Waals surface area contributed by atoms with E-state index in [2.05, 4.69) is 22.2 Å². The second-order valence-corrected chi connectivity index (χ2v) is 5.79. The molecule has 1 aromatic heterocycles. The van der Waals surface area contributed by atoms with E-state index in [0.717, 1.165) is 12.8 Å². The van der Waals surface area contributed by atoms with E-state index >= 15 is 0 Å². The number of nitrogens with one attached hydrogen (secondary N) is 2. The Bertz CT molecular complexity index is 488. The van der Waals surface area contributed by atoms with E-state index in [1.165, 1.54) is 6.33 Å². The van der Waals surface area contributed by atoms with Crippen molar-refractivity contribution in [3.8, 4) is 0 Å². The van der Waals surface area contributed by atoms with Gasteiger partial charge in [0.15, 0.2) is 0 Å². The first-order valence-corrected chi connectivity index (χ1v) is 7.24. The molecule has 1 saturated heterocycles. The van der Waals surface area contributed by atoms with E-state index in [-0.39, 0.29) is 18.5 Å². The van der Waals surface area contributed by atoms with Gasteiger partial charge in [-0.05, 0) is 25.7 Å². The largest absolute Gasteiger partial charge is 0.480 e. The Balaban J connectivity index is 1.96. The summed E-state index contributed by atoms with van der Waals surface area (Å²) in [6.45, 7) is 4.84. The summed E-state index contributed by atoms with van der Waals surface area (Å²) in [6.07, 6.45) is 5.15. The van der Waals surface area contributed by atoms with Crippen LogP contribution in [0.25, 0.3) is 0 Å². The molecule has 0 radical (unpaired) electrons. The van der Waals surface area contributed by atoms with Crippen LogP contribution in [0.1, 0.15) is 32.4 Å². The van der Waals surface area contributed by atoms with Crippen LogP contribution in [-0.2, 0) is 11.2 Å². The lowest BCUT2D eigenvalue weighted by Gasteiger charge is -2.37. The van der Waals surface area contributed by atoms with Gasteiger partial charge in [0.1, 0.15) is 6.04 Å². The Labute approximate surface area is 123 Å². The number of H-pyrrole nitrogens is 1. The minimum Gasteiger partial charge on any atom is -0.480 e. The quantitative estimate of drug-likeness (QED) is 0.778. The van der Waals surface area contributed by atoms with Crippen LogP contribution in [-0.4, -0.2) is 50.6 Å². The summed E-state index contributed by atoms with van der Waals surface area (Å²) in [5, 5.41) is 11.9. The number of carbonyl (C=O) groups excluding carboxylic acids is 1. The molecule has 2 rings (SSSR count). The highest BCUT2D eigenvalue weighted by atomic mass is 16.4.